The third kappa shape index (κ3) is 2.60. The van der Waals surface area contributed by atoms with E-state index in [-0.39, 0.29) is 0 Å². The summed E-state index contributed by atoms with van der Waals surface area (Å²) in [6, 6.07) is 0.433. The van der Waals surface area contributed by atoms with Gasteiger partial charge in [-0.25, -0.2) is 0 Å². The zero-order chi connectivity index (χ0) is 11.6. The van der Waals surface area contributed by atoms with Crippen LogP contribution in [0.1, 0.15) is 52.4 Å². The smallest absolute Gasteiger partial charge is 0.0105 e. The zero-order valence-corrected chi connectivity index (χ0v) is 11.0. The normalized spacial score (nSPS) is 35.6. The highest BCUT2D eigenvalue weighted by Crippen LogP contribution is 2.38. The van der Waals surface area contributed by atoms with Crippen LogP contribution in [-0.2, 0) is 0 Å². The molecule has 0 aromatic rings. The third-order valence-corrected chi connectivity index (χ3v) is 4.93. The molecular weight excluding hydrogens is 196 g/mol. The first-order valence-corrected chi connectivity index (χ1v) is 7.12. The average molecular weight is 224 g/mol. The van der Waals surface area contributed by atoms with Crippen LogP contribution in [0.15, 0.2) is 0 Å². The van der Waals surface area contributed by atoms with Crippen LogP contribution >= 0.6 is 0 Å². The maximum atomic E-state index is 6.27. The van der Waals surface area contributed by atoms with Crippen molar-refractivity contribution in [3.63, 3.8) is 0 Å². The fourth-order valence-electron chi connectivity index (χ4n) is 3.31. The molecule has 0 radical (unpaired) electrons. The molecule has 0 aliphatic heterocycles. The molecule has 94 valence electrons. The molecule has 0 heterocycles. The molecule has 0 amide bonds. The van der Waals surface area contributed by atoms with Gasteiger partial charge in [-0.3, -0.25) is 0 Å². The topological polar surface area (TPSA) is 29.3 Å². The van der Waals surface area contributed by atoms with Crippen molar-refractivity contribution in [3.05, 3.63) is 0 Å². The first-order valence-electron chi connectivity index (χ1n) is 7.12. The van der Waals surface area contributed by atoms with Crippen LogP contribution in [0, 0.1) is 11.3 Å². The highest BCUT2D eigenvalue weighted by molar-refractivity contribution is 4.93. The summed E-state index contributed by atoms with van der Waals surface area (Å²) in [5.74, 6) is 0.987. The van der Waals surface area contributed by atoms with Crippen LogP contribution in [0.25, 0.3) is 0 Å². The van der Waals surface area contributed by atoms with Crippen molar-refractivity contribution in [1.29, 1.82) is 0 Å². The van der Waals surface area contributed by atoms with E-state index < -0.39 is 0 Å². The van der Waals surface area contributed by atoms with E-state index in [0.717, 1.165) is 5.92 Å². The number of nitrogens with zero attached hydrogens (tertiary/aromatic N) is 1. The van der Waals surface area contributed by atoms with Crippen LogP contribution < -0.4 is 5.73 Å². The number of rotatable bonds is 5. The SMILES string of the molecule is CCN(CC1CCC1)CC1(C)CCCC1N. The fourth-order valence-corrected chi connectivity index (χ4v) is 3.31. The second-order valence-corrected chi connectivity index (χ2v) is 6.28. The Morgan fingerprint density at radius 2 is 2.00 bits per heavy atom. The minimum absolute atomic E-state index is 0.389. The van der Waals surface area contributed by atoms with Crippen LogP contribution in [0.5, 0.6) is 0 Å². The number of hydrogen-bond acceptors (Lipinski definition) is 2. The lowest BCUT2D eigenvalue weighted by Crippen LogP contribution is -2.46. The van der Waals surface area contributed by atoms with Crippen molar-refractivity contribution in [2.45, 2.75) is 58.4 Å². The lowest BCUT2D eigenvalue weighted by atomic mass is 9.82. The molecule has 0 spiro atoms. The van der Waals surface area contributed by atoms with E-state index in [4.69, 9.17) is 5.73 Å². The Morgan fingerprint density at radius 3 is 2.44 bits per heavy atom. The molecule has 2 N–H and O–H groups in total. The van der Waals surface area contributed by atoms with E-state index in [2.05, 4.69) is 18.7 Å². The highest BCUT2D eigenvalue weighted by atomic mass is 15.1. The second kappa shape index (κ2) is 5.05. The molecule has 2 unspecified atom stereocenters. The van der Waals surface area contributed by atoms with Gasteiger partial charge < -0.3 is 10.6 Å². The Bertz CT molecular complexity index is 225. The van der Waals surface area contributed by atoms with Crippen molar-refractivity contribution >= 4 is 0 Å². The molecule has 2 atom stereocenters. The van der Waals surface area contributed by atoms with Crippen LogP contribution in [0.3, 0.4) is 0 Å². The number of nitrogens with two attached hydrogens (primary N) is 1. The summed E-state index contributed by atoms with van der Waals surface area (Å²) in [4.78, 5) is 2.65. The van der Waals surface area contributed by atoms with Crippen LogP contribution in [0.4, 0.5) is 0 Å². The van der Waals surface area contributed by atoms with Crippen molar-refractivity contribution < 1.29 is 0 Å². The van der Waals surface area contributed by atoms with E-state index in [0.29, 0.717) is 11.5 Å². The van der Waals surface area contributed by atoms with Crippen molar-refractivity contribution in [3.8, 4) is 0 Å². The van der Waals surface area contributed by atoms with Gasteiger partial charge >= 0.3 is 0 Å². The maximum absolute atomic E-state index is 6.27. The lowest BCUT2D eigenvalue weighted by Gasteiger charge is -2.38. The molecule has 2 heteroatoms. The summed E-state index contributed by atoms with van der Waals surface area (Å²) < 4.78 is 0. The molecule has 2 aliphatic carbocycles. The summed E-state index contributed by atoms with van der Waals surface area (Å²) in [7, 11) is 0. The molecule has 16 heavy (non-hydrogen) atoms. The molecule has 0 aromatic heterocycles. The average Bonchev–Trinajstić information content (AvgIpc) is 2.51. The summed E-state index contributed by atoms with van der Waals surface area (Å²) >= 11 is 0. The van der Waals surface area contributed by atoms with Crippen molar-refractivity contribution in [2.75, 3.05) is 19.6 Å². The molecule has 2 fully saturated rings. The van der Waals surface area contributed by atoms with Crippen molar-refractivity contribution in [1.82, 2.24) is 4.90 Å². The Hall–Kier alpha value is -0.0800. The lowest BCUT2D eigenvalue weighted by molar-refractivity contribution is 0.118. The second-order valence-electron chi connectivity index (χ2n) is 6.28. The minimum atomic E-state index is 0.389. The largest absolute Gasteiger partial charge is 0.327 e. The molecule has 2 rings (SSSR count). The Morgan fingerprint density at radius 1 is 1.25 bits per heavy atom. The van der Waals surface area contributed by atoms with Gasteiger partial charge in [0, 0.05) is 19.1 Å². The van der Waals surface area contributed by atoms with Gasteiger partial charge in [-0.05, 0) is 43.6 Å². The van der Waals surface area contributed by atoms with Gasteiger partial charge in [-0.15, -0.1) is 0 Å². The quantitative estimate of drug-likeness (QED) is 0.778. The third-order valence-electron chi connectivity index (χ3n) is 4.93. The van der Waals surface area contributed by atoms with E-state index in [9.17, 15) is 0 Å². The minimum Gasteiger partial charge on any atom is -0.327 e. The molecule has 2 nitrogen and oxygen atoms in total. The molecule has 0 saturated heterocycles. The summed E-state index contributed by atoms with van der Waals surface area (Å²) in [5, 5.41) is 0. The van der Waals surface area contributed by atoms with Gasteiger partial charge in [0.2, 0.25) is 0 Å². The van der Waals surface area contributed by atoms with Gasteiger partial charge in [0.25, 0.3) is 0 Å². The Labute approximate surface area is 101 Å². The van der Waals surface area contributed by atoms with Gasteiger partial charge in [0.15, 0.2) is 0 Å². The molecule has 0 aromatic carbocycles. The standard InChI is InChI=1S/C14H28N2/c1-3-16(10-12-6-4-7-12)11-14(2)9-5-8-13(14)15/h12-13H,3-11,15H2,1-2H3. The summed E-state index contributed by atoms with van der Waals surface area (Å²) in [5.41, 5.74) is 6.66. The van der Waals surface area contributed by atoms with Crippen LogP contribution in [0.2, 0.25) is 0 Å². The molecular formula is C14H28N2. The summed E-state index contributed by atoms with van der Waals surface area (Å²) in [6.07, 6.45) is 8.27. The van der Waals surface area contributed by atoms with Gasteiger partial charge in [0.05, 0.1) is 0 Å². The number of hydrogen-bond donors (Lipinski definition) is 1. The van der Waals surface area contributed by atoms with E-state index in [1.54, 1.807) is 0 Å². The van der Waals surface area contributed by atoms with E-state index >= 15 is 0 Å². The maximum Gasteiger partial charge on any atom is 0.0105 e. The molecule has 0 bridgehead atoms. The molecule has 2 aliphatic rings. The van der Waals surface area contributed by atoms with Gasteiger partial charge in [-0.1, -0.05) is 26.7 Å². The Kier molecular flexibility index (Phi) is 3.91. The zero-order valence-electron chi connectivity index (χ0n) is 11.0. The predicted octanol–water partition coefficient (Wildman–Crippen LogP) is 2.63. The monoisotopic (exact) mass is 224 g/mol. The van der Waals surface area contributed by atoms with E-state index in [1.165, 1.54) is 58.2 Å². The van der Waals surface area contributed by atoms with Crippen molar-refractivity contribution in [2.24, 2.45) is 17.1 Å². The molecule has 2 saturated carbocycles. The predicted molar refractivity (Wildman–Crippen MR) is 69.4 cm³/mol. The highest BCUT2D eigenvalue weighted by Gasteiger charge is 2.37. The van der Waals surface area contributed by atoms with Gasteiger partial charge in [0.1, 0.15) is 0 Å². The van der Waals surface area contributed by atoms with Crippen LogP contribution in [-0.4, -0.2) is 30.6 Å². The Balaban J connectivity index is 1.84. The van der Waals surface area contributed by atoms with E-state index in [1.807, 2.05) is 0 Å². The first-order chi connectivity index (χ1) is 7.64. The first kappa shape index (κ1) is 12.4. The van der Waals surface area contributed by atoms with Gasteiger partial charge in [-0.2, -0.15) is 0 Å². The summed E-state index contributed by atoms with van der Waals surface area (Å²) in [6.45, 7) is 8.43. The fraction of sp³-hybridized carbons (Fsp3) is 1.00.